The maximum absolute atomic E-state index is 5.96. The average molecular weight is 288 g/mol. The molecule has 0 amide bonds. The minimum Gasteiger partial charge on any atom is -0.400 e. The highest BCUT2D eigenvalue weighted by Crippen LogP contribution is 2.36. The van der Waals surface area contributed by atoms with Crippen LogP contribution in [0.3, 0.4) is 0 Å². The van der Waals surface area contributed by atoms with Gasteiger partial charge in [0.25, 0.3) is 0 Å². The molecular weight excluding hydrogens is 263 g/mol. The topological polar surface area (TPSA) is 57.4 Å². The van der Waals surface area contributed by atoms with Crippen molar-refractivity contribution in [3.05, 3.63) is 35.6 Å². The van der Waals surface area contributed by atoms with Crippen molar-refractivity contribution in [3.63, 3.8) is 0 Å². The van der Waals surface area contributed by atoms with E-state index in [9.17, 15) is 0 Å². The summed E-state index contributed by atoms with van der Waals surface area (Å²) in [5, 5.41) is 0. The lowest BCUT2D eigenvalue weighted by Gasteiger charge is -2.32. The summed E-state index contributed by atoms with van der Waals surface area (Å²) in [6, 6.07) is 3.99. The average Bonchev–Trinajstić information content (AvgIpc) is 2.64. The van der Waals surface area contributed by atoms with E-state index in [0.29, 0.717) is 0 Å². The number of aromatic nitrogens is 1. The first kappa shape index (κ1) is 16.2. The van der Waals surface area contributed by atoms with Crippen LogP contribution in [0.4, 0.5) is 0 Å². The van der Waals surface area contributed by atoms with Crippen LogP contribution in [0.1, 0.15) is 58.3 Å². The molecule has 0 radical (unpaired) electrons. The van der Waals surface area contributed by atoms with Gasteiger partial charge in [0.05, 0.1) is 16.9 Å². The molecule has 2 N–H and O–H groups in total. The van der Waals surface area contributed by atoms with Crippen LogP contribution in [0.2, 0.25) is 0 Å². The predicted molar refractivity (Wildman–Crippen MR) is 86.6 cm³/mol. The smallest absolute Gasteiger partial charge is 0.400 e. The number of pyridine rings is 1. The van der Waals surface area contributed by atoms with E-state index in [-0.39, 0.29) is 24.4 Å². The molecule has 1 saturated heterocycles. The molecule has 21 heavy (non-hydrogen) atoms. The molecule has 1 aromatic heterocycles. The molecule has 1 aliphatic heterocycles. The number of rotatable bonds is 4. The van der Waals surface area contributed by atoms with Crippen LogP contribution in [0, 0.1) is 0 Å². The van der Waals surface area contributed by atoms with Crippen LogP contribution >= 0.6 is 0 Å². The zero-order valence-corrected chi connectivity index (χ0v) is 13.6. The van der Waals surface area contributed by atoms with E-state index >= 15 is 0 Å². The predicted octanol–water partition coefficient (Wildman–Crippen LogP) is 3.14. The van der Waals surface area contributed by atoms with Crippen LogP contribution in [-0.4, -0.2) is 23.3 Å². The standard InChI is InChI=1S/C16H25BN2O2/c1-6-13(18)14-8-7-12(11-19-14)9-10-17-20-15(2,3)16(4,5)21-17/h7-11,13H,6,18H2,1-5H3/b10-9+/t13-/m1/s1. The quantitative estimate of drug-likeness (QED) is 0.865. The summed E-state index contributed by atoms with van der Waals surface area (Å²) in [5.41, 5.74) is 7.27. The highest BCUT2D eigenvalue weighted by atomic mass is 16.7. The lowest BCUT2D eigenvalue weighted by molar-refractivity contribution is 0.00578. The highest BCUT2D eigenvalue weighted by molar-refractivity contribution is 6.52. The molecule has 0 saturated carbocycles. The first-order valence-corrected chi connectivity index (χ1v) is 7.50. The van der Waals surface area contributed by atoms with Gasteiger partial charge in [0.2, 0.25) is 0 Å². The molecular formula is C16H25BN2O2. The lowest BCUT2D eigenvalue weighted by Crippen LogP contribution is -2.41. The fourth-order valence-electron chi connectivity index (χ4n) is 2.10. The van der Waals surface area contributed by atoms with E-state index in [1.165, 1.54) is 0 Å². The van der Waals surface area contributed by atoms with Gasteiger partial charge in [-0.05, 0) is 45.7 Å². The van der Waals surface area contributed by atoms with Crippen molar-refractivity contribution in [1.29, 1.82) is 0 Å². The van der Waals surface area contributed by atoms with Gasteiger partial charge in [0.1, 0.15) is 0 Å². The Labute approximate surface area is 127 Å². The molecule has 1 fully saturated rings. The van der Waals surface area contributed by atoms with Gasteiger partial charge < -0.3 is 15.0 Å². The summed E-state index contributed by atoms with van der Waals surface area (Å²) < 4.78 is 11.8. The van der Waals surface area contributed by atoms with Gasteiger partial charge in [0.15, 0.2) is 0 Å². The molecule has 0 spiro atoms. The summed E-state index contributed by atoms with van der Waals surface area (Å²) in [5.74, 6) is 1.92. The monoisotopic (exact) mass is 288 g/mol. The molecule has 0 aromatic carbocycles. The molecule has 1 aromatic rings. The van der Waals surface area contributed by atoms with Gasteiger partial charge in [0, 0.05) is 12.2 Å². The minimum absolute atomic E-state index is 0.00567. The second-order valence-corrected chi connectivity index (χ2v) is 6.51. The van der Waals surface area contributed by atoms with Crippen LogP contribution in [0.25, 0.3) is 6.08 Å². The lowest BCUT2D eigenvalue weighted by atomic mass is 9.89. The Morgan fingerprint density at radius 2 is 1.86 bits per heavy atom. The Balaban J connectivity index is 2.03. The van der Waals surface area contributed by atoms with E-state index in [1.807, 2.05) is 58.1 Å². The van der Waals surface area contributed by atoms with Crippen LogP contribution in [-0.2, 0) is 9.31 Å². The highest BCUT2D eigenvalue weighted by Gasteiger charge is 2.49. The Hall–Kier alpha value is -1.17. The maximum Gasteiger partial charge on any atom is 0.487 e. The van der Waals surface area contributed by atoms with Gasteiger partial charge in [-0.25, -0.2) is 0 Å². The van der Waals surface area contributed by atoms with Gasteiger partial charge in [-0.1, -0.05) is 25.0 Å². The van der Waals surface area contributed by atoms with Gasteiger partial charge in [-0.2, -0.15) is 0 Å². The molecule has 2 heterocycles. The van der Waals surface area contributed by atoms with Crippen LogP contribution in [0.5, 0.6) is 0 Å². The zero-order valence-electron chi connectivity index (χ0n) is 13.6. The Bertz CT molecular complexity index is 496. The molecule has 0 aliphatic carbocycles. The van der Waals surface area contributed by atoms with Gasteiger partial charge in [-0.15, -0.1) is 0 Å². The molecule has 0 unspecified atom stereocenters. The number of hydrogen-bond donors (Lipinski definition) is 1. The normalized spacial score (nSPS) is 21.9. The third kappa shape index (κ3) is 3.54. The van der Waals surface area contributed by atoms with E-state index in [4.69, 9.17) is 15.0 Å². The minimum atomic E-state index is -0.326. The summed E-state index contributed by atoms with van der Waals surface area (Å²) in [4.78, 5) is 4.39. The Morgan fingerprint density at radius 3 is 2.33 bits per heavy atom. The first-order chi connectivity index (χ1) is 9.75. The maximum atomic E-state index is 5.96. The molecule has 4 nitrogen and oxygen atoms in total. The summed E-state index contributed by atoms with van der Waals surface area (Å²) in [7, 11) is -0.326. The van der Waals surface area contributed by atoms with Crippen LogP contribution < -0.4 is 5.73 Å². The van der Waals surface area contributed by atoms with E-state index in [2.05, 4.69) is 11.9 Å². The summed E-state index contributed by atoms with van der Waals surface area (Å²) in [6.45, 7) is 10.2. The molecule has 2 rings (SSSR count). The largest absolute Gasteiger partial charge is 0.487 e. The van der Waals surface area contributed by atoms with E-state index in [0.717, 1.165) is 17.7 Å². The fraction of sp³-hybridized carbons (Fsp3) is 0.562. The number of hydrogen-bond acceptors (Lipinski definition) is 4. The van der Waals surface area contributed by atoms with Crippen molar-refractivity contribution in [2.75, 3.05) is 0 Å². The van der Waals surface area contributed by atoms with Crippen LogP contribution in [0.15, 0.2) is 24.3 Å². The van der Waals surface area contributed by atoms with Crippen molar-refractivity contribution in [2.45, 2.75) is 58.3 Å². The molecule has 0 bridgehead atoms. The molecule has 1 atom stereocenters. The Morgan fingerprint density at radius 1 is 1.24 bits per heavy atom. The third-order valence-corrected chi connectivity index (χ3v) is 4.35. The third-order valence-electron chi connectivity index (χ3n) is 4.35. The number of nitrogens with zero attached hydrogens (tertiary/aromatic N) is 1. The Kier molecular flexibility index (Phi) is 4.56. The van der Waals surface area contributed by atoms with Crippen molar-refractivity contribution in [3.8, 4) is 0 Å². The van der Waals surface area contributed by atoms with Gasteiger partial charge in [-0.3, -0.25) is 4.98 Å². The van der Waals surface area contributed by atoms with Crippen molar-refractivity contribution in [1.82, 2.24) is 4.98 Å². The summed E-state index contributed by atoms with van der Waals surface area (Å²) in [6.07, 6.45) is 4.68. The van der Waals surface area contributed by atoms with Crippen molar-refractivity contribution in [2.24, 2.45) is 5.73 Å². The first-order valence-electron chi connectivity index (χ1n) is 7.50. The van der Waals surface area contributed by atoms with Crippen molar-refractivity contribution >= 4 is 13.2 Å². The second kappa shape index (κ2) is 5.91. The second-order valence-electron chi connectivity index (χ2n) is 6.51. The van der Waals surface area contributed by atoms with Gasteiger partial charge >= 0.3 is 7.12 Å². The van der Waals surface area contributed by atoms with Crippen molar-refractivity contribution < 1.29 is 9.31 Å². The number of nitrogens with two attached hydrogens (primary N) is 1. The van der Waals surface area contributed by atoms with E-state index in [1.54, 1.807) is 0 Å². The zero-order chi connectivity index (χ0) is 15.7. The molecule has 5 heteroatoms. The summed E-state index contributed by atoms with van der Waals surface area (Å²) >= 11 is 0. The molecule has 114 valence electrons. The SMILES string of the molecule is CC[C@@H](N)c1ccc(/C=C/B2OC(C)(C)C(C)(C)O2)cn1. The molecule has 1 aliphatic rings. The van der Waals surface area contributed by atoms with E-state index < -0.39 is 0 Å². The fourth-order valence-corrected chi connectivity index (χ4v) is 2.10.